The molecule has 2 heteroatoms. The standard InChI is InChI=1S/C7H6ClO/c1-5-3-2-4-6(8)7(5)9/h2-3,9H,1H3. The van der Waals surface area contributed by atoms with E-state index in [2.05, 4.69) is 6.07 Å². The smallest absolute Gasteiger partial charge is 0.137 e. The summed E-state index contributed by atoms with van der Waals surface area (Å²) >= 11 is 5.51. The van der Waals surface area contributed by atoms with Crippen LogP contribution in [-0.2, 0) is 0 Å². The molecule has 0 aliphatic heterocycles. The van der Waals surface area contributed by atoms with E-state index in [1.807, 2.05) is 0 Å². The zero-order valence-electron chi connectivity index (χ0n) is 4.98. The van der Waals surface area contributed by atoms with Crippen molar-refractivity contribution in [2.24, 2.45) is 0 Å². The number of hydrogen-bond donors (Lipinski definition) is 1. The van der Waals surface area contributed by atoms with Crippen LogP contribution in [0.5, 0.6) is 5.75 Å². The molecule has 0 aliphatic rings. The molecule has 47 valence electrons. The van der Waals surface area contributed by atoms with Gasteiger partial charge in [0.05, 0.1) is 5.02 Å². The highest BCUT2D eigenvalue weighted by atomic mass is 35.5. The van der Waals surface area contributed by atoms with Crippen LogP contribution in [0.15, 0.2) is 12.1 Å². The average Bonchev–Trinajstić information content (AvgIpc) is 1.83. The summed E-state index contributed by atoms with van der Waals surface area (Å²) in [5.41, 5.74) is 0.777. The molecule has 1 rings (SSSR count). The van der Waals surface area contributed by atoms with E-state index >= 15 is 0 Å². The Morgan fingerprint density at radius 3 is 2.78 bits per heavy atom. The first-order valence-electron chi connectivity index (χ1n) is 2.57. The molecule has 1 nitrogen and oxygen atoms in total. The number of rotatable bonds is 0. The highest BCUT2D eigenvalue weighted by Crippen LogP contribution is 2.24. The van der Waals surface area contributed by atoms with Gasteiger partial charge in [-0.1, -0.05) is 23.7 Å². The number of phenols is 1. The Bertz CT molecular complexity index is 200. The summed E-state index contributed by atoms with van der Waals surface area (Å²) in [4.78, 5) is 0. The zero-order chi connectivity index (χ0) is 6.85. The summed E-state index contributed by atoms with van der Waals surface area (Å²) in [5.74, 6) is 0.124. The molecule has 1 aromatic carbocycles. The molecule has 0 atom stereocenters. The number of benzene rings is 1. The monoisotopic (exact) mass is 141 g/mol. The van der Waals surface area contributed by atoms with E-state index < -0.39 is 0 Å². The minimum atomic E-state index is 0.124. The minimum absolute atomic E-state index is 0.124. The van der Waals surface area contributed by atoms with Crippen LogP contribution in [0.4, 0.5) is 0 Å². The molecule has 1 radical (unpaired) electrons. The van der Waals surface area contributed by atoms with Crippen LogP contribution in [0.2, 0.25) is 5.02 Å². The van der Waals surface area contributed by atoms with Crippen LogP contribution in [0, 0.1) is 13.0 Å². The summed E-state index contributed by atoms with van der Waals surface area (Å²) in [6.45, 7) is 1.79. The summed E-state index contributed by atoms with van der Waals surface area (Å²) in [6.07, 6.45) is 0. The van der Waals surface area contributed by atoms with E-state index in [0.29, 0.717) is 0 Å². The fourth-order valence-corrected chi connectivity index (χ4v) is 0.772. The quantitative estimate of drug-likeness (QED) is 0.587. The maximum absolute atomic E-state index is 9.04. The highest BCUT2D eigenvalue weighted by molar-refractivity contribution is 6.31. The summed E-state index contributed by atoms with van der Waals surface area (Å²) < 4.78 is 0. The largest absolute Gasteiger partial charge is 0.506 e. The predicted octanol–water partition coefficient (Wildman–Crippen LogP) is 2.15. The van der Waals surface area contributed by atoms with Crippen molar-refractivity contribution in [2.75, 3.05) is 0 Å². The second-order valence-corrected chi connectivity index (χ2v) is 2.20. The average molecular weight is 142 g/mol. The summed E-state index contributed by atoms with van der Waals surface area (Å²) in [7, 11) is 0. The molecule has 0 bridgehead atoms. The van der Waals surface area contributed by atoms with Crippen molar-refractivity contribution in [1.82, 2.24) is 0 Å². The third-order valence-corrected chi connectivity index (χ3v) is 1.41. The molecule has 0 unspecified atom stereocenters. The molecular weight excluding hydrogens is 136 g/mol. The molecule has 9 heavy (non-hydrogen) atoms. The molecule has 0 aromatic heterocycles. The van der Waals surface area contributed by atoms with Crippen LogP contribution < -0.4 is 0 Å². The molecule has 0 saturated carbocycles. The van der Waals surface area contributed by atoms with Gasteiger partial charge in [0, 0.05) is 6.07 Å². The van der Waals surface area contributed by atoms with Gasteiger partial charge in [-0.15, -0.1) is 0 Å². The molecule has 0 aliphatic carbocycles. The first kappa shape index (κ1) is 6.43. The molecule has 1 N–H and O–H groups in total. The van der Waals surface area contributed by atoms with Crippen LogP contribution >= 0.6 is 11.6 Å². The normalized spacial score (nSPS) is 9.56. The van der Waals surface area contributed by atoms with E-state index in [4.69, 9.17) is 16.7 Å². The number of phenolic OH excluding ortho intramolecular Hbond substituents is 1. The molecule has 0 heterocycles. The fraction of sp³-hybridized carbons (Fsp3) is 0.143. The second kappa shape index (κ2) is 2.28. The first-order chi connectivity index (χ1) is 4.22. The Hall–Kier alpha value is -0.690. The lowest BCUT2D eigenvalue weighted by atomic mass is 10.2. The second-order valence-electron chi connectivity index (χ2n) is 1.82. The number of hydrogen-bond acceptors (Lipinski definition) is 1. The molecule has 0 spiro atoms. The van der Waals surface area contributed by atoms with Crippen molar-refractivity contribution >= 4 is 11.6 Å². The van der Waals surface area contributed by atoms with Crippen molar-refractivity contribution in [2.45, 2.75) is 6.92 Å². The Kier molecular flexibility index (Phi) is 1.63. The van der Waals surface area contributed by atoms with Crippen molar-refractivity contribution in [1.29, 1.82) is 0 Å². The van der Waals surface area contributed by atoms with E-state index in [0.717, 1.165) is 5.56 Å². The van der Waals surface area contributed by atoms with Gasteiger partial charge >= 0.3 is 0 Å². The predicted molar refractivity (Wildman–Crippen MR) is 36.7 cm³/mol. The number of halogens is 1. The minimum Gasteiger partial charge on any atom is -0.506 e. The van der Waals surface area contributed by atoms with Crippen molar-refractivity contribution in [3.8, 4) is 5.75 Å². The maximum atomic E-state index is 9.04. The number of aryl methyl sites for hydroxylation is 1. The molecule has 0 fully saturated rings. The Morgan fingerprint density at radius 1 is 1.67 bits per heavy atom. The van der Waals surface area contributed by atoms with E-state index in [1.165, 1.54) is 0 Å². The summed E-state index contributed by atoms with van der Waals surface area (Å²) in [6, 6.07) is 6.08. The van der Waals surface area contributed by atoms with Gasteiger partial charge in [0.2, 0.25) is 0 Å². The number of aromatic hydroxyl groups is 1. The Labute approximate surface area is 58.9 Å². The van der Waals surface area contributed by atoms with E-state index in [-0.39, 0.29) is 10.8 Å². The third-order valence-electron chi connectivity index (χ3n) is 1.12. The van der Waals surface area contributed by atoms with Gasteiger partial charge in [-0.05, 0) is 12.5 Å². The van der Waals surface area contributed by atoms with Gasteiger partial charge in [-0.2, -0.15) is 0 Å². The Morgan fingerprint density at radius 2 is 2.33 bits per heavy atom. The lowest BCUT2D eigenvalue weighted by Crippen LogP contribution is -1.73. The van der Waals surface area contributed by atoms with Gasteiger partial charge < -0.3 is 5.11 Å². The topological polar surface area (TPSA) is 20.2 Å². The highest BCUT2D eigenvalue weighted by Gasteiger charge is 1.97. The first-order valence-corrected chi connectivity index (χ1v) is 2.95. The van der Waals surface area contributed by atoms with Gasteiger partial charge in [0.15, 0.2) is 0 Å². The SMILES string of the molecule is Cc1cc[c]c(Cl)c1O. The van der Waals surface area contributed by atoms with Crippen LogP contribution in [0.3, 0.4) is 0 Å². The van der Waals surface area contributed by atoms with Crippen LogP contribution in [-0.4, -0.2) is 5.11 Å². The van der Waals surface area contributed by atoms with Crippen molar-refractivity contribution < 1.29 is 5.11 Å². The van der Waals surface area contributed by atoms with Gasteiger partial charge in [-0.3, -0.25) is 0 Å². The molecule has 1 aromatic rings. The van der Waals surface area contributed by atoms with Gasteiger partial charge in [0.25, 0.3) is 0 Å². The van der Waals surface area contributed by atoms with Gasteiger partial charge in [0.1, 0.15) is 5.75 Å². The zero-order valence-corrected chi connectivity index (χ0v) is 5.74. The van der Waals surface area contributed by atoms with Crippen molar-refractivity contribution in [3.63, 3.8) is 0 Å². The van der Waals surface area contributed by atoms with E-state index in [1.54, 1.807) is 19.1 Å². The lowest BCUT2D eigenvalue weighted by molar-refractivity contribution is 0.471. The summed E-state index contributed by atoms with van der Waals surface area (Å²) in [5, 5.41) is 9.33. The van der Waals surface area contributed by atoms with E-state index in [9.17, 15) is 0 Å². The lowest BCUT2D eigenvalue weighted by Gasteiger charge is -1.96. The van der Waals surface area contributed by atoms with Crippen molar-refractivity contribution in [3.05, 3.63) is 28.8 Å². The van der Waals surface area contributed by atoms with Crippen LogP contribution in [0.1, 0.15) is 5.56 Å². The molecular formula is C7H6ClO. The Balaban J connectivity index is 3.25. The molecule has 0 saturated heterocycles. The van der Waals surface area contributed by atoms with Crippen LogP contribution in [0.25, 0.3) is 0 Å². The maximum Gasteiger partial charge on any atom is 0.137 e. The fourth-order valence-electron chi connectivity index (χ4n) is 0.560. The molecule has 0 amide bonds. The third kappa shape index (κ3) is 1.16. The van der Waals surface area contributed by atoms with Gasteiger partial charge in [-0.25, -0.2) is 0 Å².